The molecular formula is C23H25ClN2O2S. The van der Waals surface area contributed by atoms with Crippen molar-refractivity contribution in [1.82, 2.24) is 10.2 Å². The Balaban J connectivity index is 1.37. The van der Waals surface area contributed by atoms with Crippen molar-refractivity contribution in [3.05, 3.63) is 70.4 Å². The van der Waals surface area contributed by atoms with Gasteiger partial charge in [-0.3, -0.25) is 9.69 Å². The number of rotatable bonds is 6. The number of thioether (sulfide) groups is 1. The van der Waals surface area contributed by atoms with Crippen molar-refractivity contribution < 1.29 is 9.21 Å². The van der Waals surface area contributed by atoms with Crippen LogP contribution < -0.4 is 5.32 Å². The van der Waals surface area contributed by atoms with Crippen LogP contribution in [0.15, 0.2) is 52.9 Å². The molecule has 29 heavy (non-hydrogen) atoms. The molecule has 2 heterocycles. The topological polar surface area (TPSA) is 45.5 Å². The van der Waals surface area contributed by atoms with Crippen LogP contribution in [0.4, 0.5) is 0 Å². The van der Waals surface area contributed by atoms with Crippen molar-refractivity contribution in [1.29, 1.82) is 0 Å². The predicted octanol–water partition coefficient (Wildman–Crippen LogP) is 5.34. The van der Waals surface area contributed by atoms with Crippen LogP contribution in [0.25, 0.3) is 11.0 Å². The fourth-order valence-electron chi connectivity index (χ4n) is 3.90. The molecule has 4 nitrogen and oxygen atoms in total. The van der Waals surface area contributed by atoms with E-state index in [2.05, 4.69) is 22.3 Å². The second kappa shape index (κ2) is 9.24. The maximum Gasteiger partial charge on any atom is 0.287 e. The van der Waals surface area contributed by atoms with Crippen LogP contribution in [0.3, 0.4) is 0 Å². The van der Waals surface area contributed by atoms with E-state index in [1.807, 2.05) is 42.7 Å². The minimum Gasteiger partial charge on any atom is -0.451 e. The second-order valence-corrected chi connectivity index (χ2v) is 8.79. The molecule has 0 radical (unpaired) electrons. The molecule has 1 aliphatic heterocycles. The molecule has 0 saturated carbocycles. The van der Waals surface area contributed by atoms with Crippen LogP contribution in [0.2, 0.25) is 5.02 Å². The van der Waals surface area contributed by atoms with E-state index in [9.17, 15) is 4.79 Å². The van der Waals surface area contributed by atoms with Crippen LogP contribution in [0, 0.1) is 0 Å². The van der Waals surface area contributed by atoms with Gasteiger partial charge in [-0.25, -0.2) is 0 Å². The number of benzene rings is 2. The number of furan rings is 1. The number of fused-ring (bicyclic) bond motifs is 1. The SMILES string of the molecule is CSCc1c(C(=O)NC2CCN(Cc3ccc(Cl)cc3)CC2)oc2ccccc12. The van der Waals surface area contributed by atoms with E-state index >= 15 is 0 Å². The second-order valence-electron chi connectivity index (χ2n) is 7.49. The molecule has 0 atom stereocenters. The normalized spacial score (nSPS) is 15.7. The van der Waals surface area contributed by atoms with Crippen molar-refractivity contribution in [2.75, 3.05) is 19.3 Å². The average Bonchev–Trinajstić information content (AvgIpc) is 3.10. The van der Waals surface area contributed by atoms with Gasteiger partial charge < -0.3 is 9.73 Å². The lowest BCUT2D eigenvalue weighted by Crippen LogP contribution is -2.44. The van der Waals surface area contributed by atoms with Gasteiger partial charge in [0.05, 0.1) is 0 Å². The Morgan fingerprint density at radius 2 is 1.90 bits per heavy atom. The molecule has 6 heteroatoms. The van der Waals surface area contributed by atoms with E-state index in [1.165, 1.54) is 5.56 Å². The fraction of sp³-hybridized carbons (Fsp3) is 0.348. The summed E-state index contributed by atoms with van der Waals surface area (Å²) in [5.41, 5.74) is 3.03. The van der Waals surface area contributed by atoms with E-state index in [0.29, 0.717) is 5.76 Å². The summed E-state index contributed by atoms with van der Waals surface area (Å²) in [6.45, 7) is 2.84. The third-order valence-electron chi connectivity index (χ3n) is 5.44. The largest absolute Gasteiger partial charge is 0.451 e. The summed E-state index contributed by atoms with van der Waals surface area (Å²) < 4.78 is 5.92. The summed E-state index contributed by atoms with van der Waals surface area (Å²) in [4.78, 5) is 15.4. The van der Waals surface area contributed by atoms with Crippen LogP contribution in [-0.4, -0.2) is 36.2 Å². The number of para-hydroxylation sites is 1. The number of amides is 1. The number of carbonyl (C=O) groups excluding carboxylic acids is 1. The van der Waals surface area contributed by atoms with Crippen molar-refractivity contribution in [3.63, 3.8) is 0 Å². The summed E-state index contributed by atoms with van der Waals surface area (Å²) in [6.07, 6.45) is 3.93. The van der Waals surface area contributed by atoms with Crippen LogP contribution in [0.5, 0.6) is 0 Å². The lowest BCUT2D eigenvalue weighted by atomic mass is 10.0. The van der Waals surface area contributed by atoms with Crippen molar-refractivity contribution >= 4 is 40.2 Å². The molecule has 1 fully saturated rings. The van der Waals surface area contributed by atoms with Crippen LogP contribution >= 0.6 is 23.4 Å². The Kier molecular flexibility index (Phi) is 6.48. The summed E-state index contributed by atoms with van der Waals surface area (Å²) in [6, 6.07) is 16.1. The maximum absolute atomic E-state index is 12.9. The smallest absolute Gasteiger partial charge is 0.287 e. The number of hydrogen-bond donors (Lipinski definition) is 1. The van der Waals surface area contributed by atoms with Gasteiger partial charge in [0.25, 0.3) is 5.91 Å². The standard InChI is InChI=1S/C23H25ClN2O2S/c1-29-15-20-19-4-2-3-5-21(19)28-22(20)23(27)25-18-10-12-26(13-11-18)14-16-6-8-17(24)9-7-16/h2-9,18H,10-15H2,1H3,(H,25,27). The van der Waals surface area contributed by atoms with Crippen molar-refractivity contribution in [2.24, 2.45) is 0 Å². The first-order valence-corrected chi connectivity index (χ1v) is 11.7. The van der Waals surface area contributed by atoms with Gasteiger partial charge in [-0.05, 0) is 42.9 Å². The predicted molar refractivity (Wildman–Crippen MR) is 121 cm³/mol. The highest BCUT2D eigenvalue weighted by Crippen LogP contribution is 2.29. The summed E-state index contributed by atoms with van der Waals surface area (Å²) in [5.74, 6) is 1.13. The molecule has 3 aromatic rings. The molecule has 152 valence electrons. The molecule has 0 spiro atoms. The monoisotopic (exact) mass is 428 g/mol. The van der Waals surface area contributed by atoms with Gasteiger partial charge >= 0.3 is 0 Å². The Morgan fingerprint density at radius 1 is 1.17 bits per heavy atom. The van der Waals surface area contributed by atoms with E-state index < -0.39 is 0 Å². The zero-order valence-electron chi connectivity index (χ0n) is 16.5. The summed E-state index contributed by atoms with van der Waals surface area (Å²) in [5, 5.41) is 5.00. The lowest BCUT2D eigenvalue weighted by Gasteiger charge is -2.32. The number of halogens is 1. The molecule has 0 unspecified atom stereocenters. The molecule has 1 saturated heterocycles. The minimum atomic E-state index is -0.0959. The van der Waals surface area contributed by atoms with Crippen molar-refractivity contribution in [3.8, 4) is 0 Å². The molecule has 2 aromatic carbocycles. The number of likely N-dealkylation sites (tertiary alicyclic amines) is 1. The number of nitrogens with zero attached hydrogens (tertiary/aromatic N) is 1. The highest BCUT2D eigenvalue weighted by Gasteiger charge is 2.25. The number of carbonyl (C=O) groups is 1. The summed E-state index contributed by atoms with van der Waals surface area (Å²) in [7, 11) is 0. The van der Waals surface area contributed by atoms with Gasteiger partial charge in [-0.2, -0.15) is 11.8 Å². The van der Waals surface area contributed by atoms with E-state index in [1.54, 1.807) is 11.8 Å². The zero-order valence-corrected chi connectivity index (χ0v) is 18.1. The molecule has 0 bridgehead atoms. The third kappa shape index (κ3) is 4.80. The highest BCUT2D eigenvalue weighted by atomic mass is 35.5. The fourth-order valence-corrected chi connectivity index (χ4v) is 4.61. The van der Waals surface area contributed by atoms with E-state index in [0.717, 1.165) is 59.8 Å². The number of piperidine rings is 1. The number of nitrogens with one attached hydrogen (secondary N) is 1. The third-order valence-corrected chi connectivity index (χ3v) is 6.26. The molecule has 1 aromatic heterocycles. The Hall–Kier alpha value is -1.95. The van der Waals surface area contributed by atoms with Crippen molar-refractivity contribution in [2.45, 2.75) is 31.2 Å². The van der Waals surface area contributed by atoms with Gasteiger partial charge in [0, 0.05) is 47.4 Å². The molecule has 1 amide bonds. The average molecular weight is 429 g/mol. The van der Waals surface area contributed by atoms with Gasteiger partial charge in [0.1, 0.15) is 5.58 Å². The Labute approximate surface area is 180 Å². The summed E-state index contributed by atoms with van der Waals surface area (Å²) >= 11 is 7.67. The lowest BCUT2D eigenvalue weighted by molar-refractivity contribution is 0.0882. The van der Waals surface area contributed by atoms with Gasteiger partial charge in [-0.1, -0.05) is 41.9 Å². The minimum absolute atomic E-state index is 0.0959. The first kappa shape index (κ1) is 20.3. The first-order chi connectivity index (χ1) is 14.1. The van der Waals surface area contributed by atoms with E-state index in [-0.39, 0.29) is 11.9 Å². The quantitative estimate of drug-likeness (QED) is 0.575. The molecule has 0 aliphatic carbocycles. The first-order valence-electron chi connectivity index (χ1n) is 9.91. The van der Waals surface area contributed by atoms with Gasteiger partial charge in [0.2, 0.25) is 0 Å². The molecule has 1 aliphatic rings. The van der Waals surface area contributed by atoms with Crippen LogP contribution in [0.1, 0.15) is 34.5 Å². The highest BCUT2D eigenvalue weighted by molar-refractivity contribution is 7.97. The molecule has 4 rings (SSSR count). The van der Waals surface area contributed by atoms with Gasteiger partial charge in [-0.15, -0.1) is 0 Å². The Morgan fingerprint density at radius 3 is 2.62 bits per heavy atom. The van der Waals surface area contributed by atoms with E-state index in [4.69, 9.17) is 16.0 Å². The van der Waals surface area contributed by atoms with Gasteiger partial charge in [0.15, 0.2) is 5.76 Å². The van der Waals surface area contributed by atoms with Crippen LogP contribution in [-0.2, 0) is 12.3 Å². The molecular weight excluding hydrogens is 404 g/mol. The number of hydrogen-bond acceptors (Lipinski definition) is 4. The maximum atomic E-state index is 12.9. The zero-order chi connectivity index (χ0) is 20.2. The molecule has 1 N–H and O–H groups in total. The Bertz CT molecular complexity index is 978.